The van der Waals surface area contributed by atoms with Gasteiger partial charge in [-0.1, -0.05) is 12.5 Å². The highest BCUT2D eigenvalue weighted by molar-refractivity contribution is 6.28. The van der Waals surface area contributed by atoms with Crippen molar-refractivity contribution in [2.24, 2.45) is 10.7 Å². The minimum absolute atomic E-state index is 0.00586. The van der Waals surface area contributed by atoms with E-state index in [0.29, 0.717) is 102 Å². The molecule has 5 aromatic carbocycles. The quantitative estimate of drug-likeness (QED) is 0.00382. The fourth-order valence-electron chi connectivity index (χ4n) is 12.5. The van der Waals surface area contributed by atoms with Crippen molar-refractivity contribution >= 4 is 93.5 Å². The third-order valence-electron chi connectivity index (χ3n) is 20.3. The predicted molar refractivity (Wildman–Crippen MR) is 538 cm³/mol. The first-order valence-electron chi connectivity index (χ1n) is 45.1. The molecule has 770 valence electrons. The van der Waals surface area contributed by atoms with Crippen molar-refractivity contribution in [1.29, 1.82) is 0 Å². The van der Waals surface area contributed by atoms with Gasteiger partial charge < -0.3 is 75.7 Å². The molecule has 0 spiro atoms. The van der Waals surface area contributed by atoms with E-state index in [9.17, 15) is 45.9 Å². The summed E-state index contributed by atoms with van der Waals surface area (Å²) in [6.45, 7) is 24.8. The number of benzene rings is 5. The summed E-state index contributed by atoms with van der Waals surface area (Å²) in [4.78, 5) is 94.5. The van der Waals surface area contributed by atoms with Crippen LogP contribution < -0.4 is 56.4 Å². The second-order valence-corrected chi connectivity index (χ2v) is 31.4. The van der Waals surface area contributed by atoms with Crippen LogP contribution >= 0.6 is 11.6 Å². The van der Waals surface area contributed by atoms with Gasteiger partial charge in [-0.25, -0.2) is 86.0 Å². The highest BCUT2D eigenvalue weighted by atomic mass is 35.5. The fraction of sp³-hybridized carbons (Fsp3) is 0.310. The van der Waals surface area contributed by atoms with E-state index in [1.165, 1.54) is 111 Å². The van der Waals surface area contributed by atoms with Gasteiger partial charge in [0.2, 0.25) is 23.1 Å². The number of allylic oxidation sites excluding steroid dienone is 1. The summed E-state index contributed by atoms with van der Waals surface area (Å²) in [5.74, 6) is -3.33. The summed E-state index contributed by atoms with van der Waals surface area (Å²) in [6.07, 6.45) is 35.8. The van der Waals surface area contributed by atoms with Crippen LogP contribution in [-0.2, 0) is 85.5 Å². The Morgan fingerprint density at radius 1 is 0.393 bits per heavy atom. The molecule has 39 nitrogen and oxygen atoms in total. The van der Waals surface area contributed by atoms with Crippen molar-refractivity contribution in [3.05, 3.63) is 296 Å². The number of methoxy groups -OCH3 is 8. The molecule has 0 radical (unpaired) electrons. The van der Waals surface area contributed by atoms with Gasteiger partial charge in [0.05, 0.1) is 139 Å². The Labute approximate surface area is 840 Å². The van der Waals surface area contributed by atoms with Gasteiger partial charge in [0.1, 0.15) is 0 Å². The number of halogens is 6. The van der Waals surface area contributed by atoms with E-state index in [4.69, 9.17) is 56.6 Å². The van der Waals surface area contributed by atoms with E-state index in [1.807, 2.05) is 84.9 Å². The molecule has 0 aliphatic carbocycles. The SMILES string of the molecule is CCC(=O)c1cc(CCc2cnc(Nc3cnn(CC)c3)nc2)c(F)c(OC)c1.CCn1cc(N)cn1.CCn1cc(NC(N)=NC=C(C)C)cn1.CCn1cc(Nc2ncc(CCc3cc(C(=O)O)cc(OC)c3F)cn2)cn1.CCn1cc(Nc2ncc(CCc3cc(C(=O)OC)cc(OC)c3F)cn2)cn1.COC(=O)c1cc(C)c(F)c(OC)c1.COC(=O)c1cc(C)c(F)c(OC)c1.Cc1cnc(Cl)nc1. The first kappa shape index (κ1) is 115. The van der Waals surface area contributed by atoms with Crippen molar-refractivity contribution in [3.8, 4) is 28.7 Å². The van der Waals surface area contributed by atoms with Crippen LogP contribution in [0.1, 0.15) is 164 Å². The smallest absolute Gasteiger partial charge is 0.337 e. The number of aromatic nitrogens is 18. The highest BCUT2D eigenvalue weighted by Crippen LogP contribution is 2.31. The lowest BCUT2D eigenvalue weighted by Crippen LogP contribution is -2.21. The van der Waals surface area contributed by atoms with Crippen LogP contribution in [0.15, 0.2) is 189 Å². The van der Waals surface area contributed by atoms with E-state index in [1.54, 1.807) is 139 Å². The number of carbonyl (C=O) groups is 5. The molecule has 45 heteroatoms. The number of anilines is 8. The molecule has 0 aliphatic rings. The van der Waals surface area contributed by atoms with Gasteiger partial charge in [-0.3, -0.25) is 28.2 Å². The average molecular weight is 2030 g/mol. The lowest BCUT2D eigenvalue weighted by molar-refractivity contribution is 0.0591. The molecule has 0 unspecified atom stereocenters. The lowest BCUT2D eigenvalue weighted by atomic mass is 10.00. The van der Waals surface area contributed by atoms with Crippen LogP contribution in [0.25, 0.3) is 0 Å². The minimum atomic E-state index is -1.13. The number of carboxylic acids is 1. The number of Topliss-reactive ketones (excluding diaryl/α,β-unsaturated/α-hetero) is 1. The Morgan fingerprint density at radius 2 is 0.690 bits per heavy atom. The summed E-state index contributed by atoms with van der Waals surface area (Å²) in [6, 6.07) is 13.8. The molecule has 0 saturated heterocycles. The Hall–Kier alpha value is -16.8. The molecule has 0 amide bonds. The first-order valence-corrected chi connectivity index (χ1v) is 45.5. The number of nitrogens with two attached hydrogens (primary N) is 2. The number of esters is 3. The Morgan fingerprint density at radius 3 is 0.979 bits per heavy atom. The molecule has 14 aromatic rings. The van der Waals surface area contributed by atoms with Gasteiger partial charge in [-0.2, -0.15) is 25.5 Å². The molecule has 0 fully saturated rings. The Balaban J connectivity index is 0.000000233. The van der Waals surface area contributed by atoms with Gasteiger partial charge in [-0.05, 0) is 230 Å². The molecular weight excluding hydrogens is 1910 g/mol. The standard InChI is InChI=1S/C21H24FN5O2.C20H22FN5O3.C19H20FN5O3.2C10H11FO3.C10H17N5.C5H5ClN2.C5H9N3/c1-4-18(28)16-8-15(20(22)19(9-16)29-3)7-6-14-10-23-21(24-11-14)26-17-12-25-27(5-2)13-17;1-4-26-12-16(11-24-26)25-20-22-9-13(10-23-20)5-6-14-7-15(19(27)29-3)8-17(28-2)18(14)21;1-3-25-11-15(10-23-25)24-19-21-8-12(9-22-19)4-5-13-6-14(18(26)27)7-16(28-2)17(13)20;2*1-6-4-7(10(12)14-3)5-8(13-2)9(6)11;1-4-15-7-9(6-13-15)14-10(11)12-5-8(2)3;1-4-2-7-5(6)8-3-4;1-2-8-4-5(6)3-7-8/h8-13H,4-7H2,1-3H3,(H,23,24,26);7-12H,4-6H2,1-3H3,(H,22,23,25);6-11H,3-5H2,1-2H3,(H,26,27)(H,21,22,24);2*4-5H,1-3H3;5-7H,4H2,1-3H3,(H3,11,12,14);2-3H,1H3;3-4H,2,6H2,1H3. The third kappa shape index (κ3) is 37.0. The number of aliphatic imine (C=N–C) groups is 1. The van der Waals surface area contributed by atoms with Crippen molar-refractivity contribution in [3.63, 3.8) is 0 Å². The van der Waals surface area contributed by atoms with Crippen molar-refractivity contribution in [1.82, 2.24) is 88.8 Å². The number of ether oxygens (including phenoxy) is 8. The van der Waals surface area contributed by atoms with Gasteiger partial charge >= 0.3 is 23.9 Å². The molecule has 9 N–H and O–H groups in total. The number of aryl methyl sites for hydroxylation is 14. The van der Waals surface area contributed by atoms with Gasteiger partial charge in [0, 0.05) is 131 Å². The minimum Gasteiger partial charge on any atom is -0.494 e. The number of ketones is 1. The third-order valence-corrected chi connectivity index (χ3v) is 20.5. The second kappa shape index (κ2) is 59.0. The number of hydrogen-bond acceptors (Lipinski definition) is 31. The number of carbonyl (C=O) groups excluding carboxylic acids is 4. The van der Waals surface area contributed by atoms with Crippen LogP contribution in [0, 0.1) is 49.9 Å². The van der Waals surface area contributed by atoms with E-state index in [-0.39, 0.29) is 62.3 Å². The molecule has 9 heterocycles. The predicted octanol–water partition coefficient (Wildman–Crippen LogP) is 17.5. The molecule has 0 bridgehead atoms. The highest BCUT2D eigenvalue weighted by Gasteiger charge is 2.22. The number of nitrogens with zero attached hydrogens (tertiary/aromatic N) is 19. The van der Waals surface area contributed by atoms with Crippen molar-refractivity contribution in [2.45, 2.75) is 154 Å². The number of nitrogens with one attached hydrogen (secondary N) is 4. The number of carboxylic acid groups (broad SMARTS) is 1. The molecule has 14 rings (SSSR count). The maximum Gasteiger partial charge on any atom is 0.337 e. The second-order valence-electron chi connectivity index (χ2n) is 31.1. The summed E-state index contributed by atoms with van der Waals surface area (Å²) in [5, 5.41) is 42.2. The Kier molecular flexibility index (Phi) is 46.9. The summed E-state index contributed by atoms with van der Waals surface area (Å²) >= 11 is 5.39. The summed E-state index contributed by atoms with van der Waals surface area (Å²) in [5.41, 5.74) is 22.6. The molecule has 0 saturated carbocycles. The normalized spacial score (nSPS) is 10.4. The van der Waals surface area contributed by atoms with Crippen LogP contribution in [-0.4, -0.2) is 186 Å². The van der Waals surface area contributed by atoms with Gasteiger partial charge in [-0.15, -0.1) is 0 Å². The monoisotopic (exact) mass is 2020 g/mol. The zero-order chi connectivity index (χ0) is 106. The molecule has 145 heavy (non-hydrogen) atoms. The number of aromatic carboxylic acids is 1. The fourth-order valence-corrected chi connectivity index (χ4v) is 12.6. The summed E-state index contributed by atoms with van der Waals surface area (Å²) in [7, 11) is 10.6. The van der Waals surface area contributed by atoms with Gasteiger partial charge in [0.25, 0.3) is 0 Å². The van der Waals surface area contributed by atoms with Crippen LogP contribution in [0.4, 0.5) is 68.2 Å². The zero-order valence-electron chi connectivity index (χ0n) is 83.9. The zero-order valence-corrected chi connectivity index (χ0v) is 84.7. The van der Waals surface area contributed by atoms with Crippen molar-refractivity contribution < 1.29 is 88.9 Å². The van der Waals surface area contributed by atoms with Crippen molar-refractivity contribution in [2.75, 3.05) is 83.9 Å². The number of rotatable bonds is 33. The first-order chi connectivity index (χ1) is 69.5. The molecule has 0 atom stereocenters. The molecular formula is C100H119ClF5N25O14. The number of nitrogen functional groups attached to an aromatic ring is 1. The van der Waals surface area contributed by atoms with E-state index in [0.717, 1.165) is 89.0 Å². The van der Waals surface area contributed by atoms with E-state index in [2.05, 4.69) is 101 Å². The largest absolute Gasteiger partial charge is 0.494 e. The van der Waals surface area contributed by atoms with E-state index < -0.39 is 53.0 Å². The summed E-state index contributed by atoms with van der Waals surface area (Å²) < 4.78 is 117. The molecule has 9 aromatic heterocycles. The topological polar surface area (TPSA) is 484 Å². The Bertz CT molecular complexity index is 6350. The van der Waals surface area contributed by atoms with Crippen LogP contribution in [0.3, 0.4) is 0 Å². The number of hydrogen-bond donors (Lipinski definition) is 7. The maximum atomic E-state index is 14.6. The molecule has 0 aliphatic heterocycles. The van der Waals surface area contributed by atoms with Crippen LogP contribution in [0.5, 0.6) is 28.7 Å². The average Bonchev–Trinajstić information content (AvgIpc) is 1.34. The number of guanidine groups is 1. The lowest BCUT2D eigenvalue weighted by Gasteiger charge is -2.11. The van der Waals surface area contributed by atoms with E-state index >= 15 is 0 Å². The van der Waals surface area contributed by atoms with Crippen LogP contribution in [0.2, 0.25) is 5.28 Å². The maximum absolute atomic E-state index is 14.6. The van der Waals surface area contributed by atoms with Gasteiger partial charge in [0.15, 0.2) is 69.6 Å².